The van der Waals surface area contributed by atoms with Gasteiger partial charge in [0.2, 0.25) is 0 Å². The number of nitrogens with two attached hydrogens (primary N) is 2. The van der Waals surface area contributed by atoms with Gasteiger partial charge in [0.25, 0.3) is 11.8 Å². The van der Waals surface area contributed by atoms with Gasteiger partial charge in [-0.2, -0.15) is 4.98 Å². The van der Waals surface area contributed by atoms with E-state index in [4.69, 9.17) is 20.7 Å². The standard InChI is InChI=1S/C6H10N4O2/c7-5-9-4(12-10-5)6(8)1-2-11-3-6/h1-3,8H2,(H2,7,10). The van der Waals surface area contributed by atoms with E-state index in [2.05, 4.69) is 10.1 Å². The van der Waals surface area contributed by atoms with E-state index in [0.29, 0.717) is 25.5 Å². The maximum atomic E-state index is 5.92. The molecule has 0 amide bonds. The van der Waals surface area contributed by atoms with Crippen molar-refractivity contribution in [3.63, 3.8) is 0 Å². The monoisotopic (exact) mass is 170 g/mol. The lowest BCUT2D eigenvalue weighted by Crippen LogP contribution is -2.37. The highest BCUT2D eigenvalue weighted by Crippen LogP contribution is 2.26. The van der Waals surface area contributed by atoms with Crippen LogP contribution in [0, 0.1) is 0 Å². The Morgan fingerprint density at radius 1 is 1.50 bits per heavy atom. The Morgan fingerprint density at radius 3 is 2.83 bits per heavy atom. The van der Waals surface area contributed by atoms with Gasteiger partial charge >= 0.3 is 0 Å². The summed E-state index contributed by atoms with van der Waals surface area (Å²) in [5.41, 5.74) is 10.6. The topological polar surface area (TPSA) is 100 Å². The van der Waals surface area contributed by atoms with Gasteiger partial charge in [-0.05, 0) is 11.6 Å². The van der Waals surface area contributed by atoms with Crippen LogP contribution < -0.4 is 11.5 Å². The fourth-order valence-electron chi connectivity index (χ4n) is 1.19. The molecule has 1 fully saturated rings. The smallest absolute Gasteiger partial charge is 0.260 e. The van der Waals surface area contributed by atoms with Crippen LogP contribution in [0.25, 0.3) is 0 Å². The first-order valence-electron chi connectivity index (χ1n) is 3.67. The second kappa shape index (κ2) is 2.43. The molecule has 1 saturated heterocycles. The molecule has 66 valence electrons. The van der Waals surface area contributed by atoms with Crippen LogP contribution in [-0.2, 0) is 10.3 Å². The molecule has 0 aliphatic carbocycles. The van der Waals surface area contributed by atoms with Gasteiger partial charge in [0.1, 0.15) is 5.54 Å². The van der Waals surface area contributed by atoms with Crippen LogP contribution in [0.1, 0.15) is 12.3 Å². The fourth-order valence-corrected chi connectivity index (χ4v) is 1.19. The maximum absolute atomic E-state index is 5.92. The van der Waals surface area contributed by atoms with Crippen LogP contribution in [0.15, 0.2) is 4.52 Å². The van der Waals surface area contributed by atoms with Crippen molar-refractivity contribution in [2.75, 3.05) is 18.9 Å². The van der Waals surface area contributed by atoms with Crippen molar-refractivity contribution in [1.82, 2.24) is 10.1 Å². The van der Waals surface area contributed by atoms with Crippen molar-refractivity contribution >= 4 is 5.95 Å². The van der Waals surface area contributed by atoms with E-state index in [0.717, 1.165) is 0 Å². The Morgan fingerprint density at radius 2 is 2.33 bits per heavy atom. The molecule has 1 aliphatic heterocycles. The molecule has 2 rings (SSSR count). The number of rotatable bonds is 1. The van der Waals surface area contributed by atoms with Gasteiger partial charge in [-0.3, -0.25) is 0 Å². The predicted molar refractivity (Wildman–Crippen MR) is 40.0 cm³/mol. The third kappa shape index (κ3) is 1.05. The summed E-state index contributed by atoms with van der Waals surface area (Å²) in [7, 11) is 0. The summed E-state index contributed by atoms with van der Waals surface area (Å²) < 4.78 is 9.99. The summed E-state index contributed by atoms with van der Waals surface area (Å²) in [4.78, 5) is 3.86. The van der Waals surface area contributed by atoms with E-state index in [1.165, 1.54) is 0 Å². The minimum atomic E-state index is -0.634. The molecule has 6 nitrogen and oxygen atoms in total. The molecule has 2 heterocycles. The molecule has 0 bridgehead atoms. The Balaban J connectivity index is 2.28. The van der Waals surface area contributed by atoms with Crippen LogP contribution in [0.5, 0.6) is 0 Å². The summed E-state index contributed by atoms with van der Waals surface area (Å²) in [6, 6.07) is 0. The molecule has 0 radical (unpaired) electrons. The summed E-state index contributed by atoms with van der Waals surface area (Å²) in [5, 5.41) is 3.46. The highest BCUT2D eigenvalue weighted by atomic mass is 16.5. The highest BCUT2D eigenvalue weighted by molar-refractivity contribution is 5.15. The lowest BCUT2D eigenvalue weighted by molar-refractivity contribution is 0.166. The summed E-state index contributed by atoms with van der Waals surface area (Å²) >= 11 is 0. The van der Waals surface area contributed by atoms with Crippen LogP contribution in [0.4, 0.5) is 5.95 Å². The third-order valence-corrected chi connectivity index (χ3v) is 1.92. The number of hydrogen-bond donors (Lipinski definition) is 2. The molecule has 1 aromatic rings. The van der Waals surface area contributed by atoms with Crippen LogP contribution in [0.2, 0.25) is 0 Å². The Bertz CT molecular complexity index is 279. The second-order valence-electron chi connectivity index (χ2n) is 2.92. The largest absolute Gasteiger partial charge is 0.379 e. The Hall–Kier alpha value is -1.14. The number of aromatic nitrogens is 2. The van der Waals surface area contributed by atoms with Crippen LogP contribution in [0.3, 0.4) is 0 Å². The predicted octanol–water partition coefficient (Wildman–Crippen LogP) is -0.774. The molecule has 1 aromatic heterocycles. The number of hydrogen-bond acceptors (Lipinski definition) is 6. The number of anilines is 1. The number of ether oxygens (including phenoxy) is 1. The van der Waals surface area contributed by atoms with E-state index in [-0.39, 0.29) is 5.95 Å². The quantitative estimate of drug-likeness (QED) is 0.573. The van der Waals surface area contributed by atoms with E-state index < -0.39 is 5.54 Å². The molecule has 4 N–H and O–H groups in total. The number of nitrogens with zero attached hydrogens (tertiary/aromatic N) is 2. The van der Waals surface area contributed by atoms with Crippen molar-refractivity contribution in [2.45, 2.75) is 12.0 Å². The van der Waals surface area contributed by atoms with Crippen LogP contribution in [-0.4, -0.2) is 23.4 Å². The molecule has 0 aromatic carbocycles. The van der Waals surface area contributed by atoms with Crippen LogP contribution >= 0.6 is 0 Å². The van der Waals surface area contributed by atoms with Gasteiger partial charge in [-0.15, -0.1) is 0 Å². The molecule has 1 unspecified atom stereocenters. The van der Waals surface area contributed by atoms with E-state index >= 15 is 0 Å². The van der Waals surface area contributed by atoms with Gasteiger partial charge in [0, 0.05) is 6.61 Å². The normalized spacial score (nSPS) is 29.4. The zero-order valence-electron chi connectivity index (χ0n) is 6.49. The highest BCUT2D eigenvalue weighted by Gasteiger charge is 2.37. The summed E-state index contributed by atoms with van der Waals surface area (Å²) in [6.07, 6.45) is 0.689. The molecule has 1 aliphatic rings. The average molecular weight is 170 g/mol. The first kappa shape index (κ1) is 7.51. The van der Waals surface area contributed by atoms with Gasteiger partial charge in [-0.25, -0.2) is 0 Å². The van der Waals surface area contributed by atoms with Crippen molar-refractivity contribution < 1.29 is 9.26 Å². The van der Waals surface area contributed by atoms with Crippen molar-refractivity contribution in [2.24, 2.45) is 5.73 Å². The molecule has 0 spiro atoms. The van der Waals surface area contributed by atoms with Gasteiger partial charge in [0.15, 0.2) is 0 Å². The second-order valence-corrected chi connectivity index (χ2v) is 2.92. The Kier molecular flexibility index (Phi) is 1.52. The molecule has 12 heavy (non-hydrogen) atoms. The van der Waals surface area contributed by atoms with Gasteiger partial charge in [-0.1, -0.05) is 0 Å². The third-order valence-electron chi connectivity index (χ3n) is 1.92. The maximum Gasteiger partial charge on any atom is 0.260 e. The lowest BCUT2D eigenvalue weighted by Gasteiger charge is -2.14. The van der Waals surface area contributed by atoms with E-state index in [1.54, 1.807) is 0 Å². The molecule has 6 heteroatoms. The molecule has 0 saturated carbocycles. The zero-order chi connectivity index (χ0) is 8.60. The van der Waals surface area contributed by atoms with Crippen molar-refractivity contribution in [1.29, 1.82) is 0 Å². The average Bonchev–Trinajstić information content (AvgIpc) is 2.59. The number of nitrogen functional groups attached to an aromatic ring is 1. The molecular weight excluding hydrogens is 160 g/mol. The van der Waals surface area contributed by atoms with E-state index in [9.17, 15) is 0 Å². The summed E-state index contributed by atoms with van der Waals surface area (Å²) in [5.74, 6) is 0.472. The first-order chi connectivity index (χ1) is 5.71. The minimum Gasteiger partial charge on any atom is -0.379 e. The lowest BCUT2D eigenvalue weighted by atomic mass is 10.0. The molecule has 1 atom stereocenters. The van der Waals surface area contributed by atoms with Crippen molar-refractivity contribution in [3.8, 4) is 0 Å². The fraction of sp³-hybridized carbons (Fsp3) is 0.667. The Labute approximate surface area is 68.9 Å². The summed E-state index contributed by atoms with van der Waals surface area (Å²) in [6.45, 7) is 1.04. The minimum absolute atomic E-state index is 0.113. The van der Waals surface area contributed by atoms with Gasteiger partial charge < -0.3 is 20.7 Å². The first-order valence-corrected chi connectivity index (χ1v) is 3.67. The van der Waals surface area contributed by atoms with E-state index in [1.807, 2.05) is 0 Å². The zero-order valence-corrected chi connectivity index (χ0v) is 6.49. The molecular formula is C6H10N4O2. The SMILES string of the molecule is Nc1noc(C2(N)CCOC2)n1. The van der Waals surface area contributed by atoms with Gasteiger partial charge in [0.05, 0.1) is 6.61 Å². The van der Waals surface area contributed by atoms with Crippen molar-refractivity contribution in [3.05, 3.63) is 5.89 Å².